The highest BCUT2D eigenvalue weighted by atomic mass is 32.1. The lowest BCUT2D eigenvalue weighted by Gasteiger charge is -2.31. The molecule has 0 aromatic heterocycles. The zero-order valence-corrected chi connectivity index (χ0v) is 16.1. The predicted octanol–water partition coefficient (Wildman–Crippen LogP) is 4.36. The number of hydrogen-bond acceptors (Lipinski definition) is 4. The quantitative estimate of drug-likeness (QED) is 0.753. The molecule has 0 bridgehead atoms. The van der Waals surface area contributed by atoms with Gasteiger partial charge in [0, 0.05) is 18.8 Å². The third-order valence-corrected chi connectivity index (χ3v) is 4.70. The van der Waals surface area contributed by atoms with Gasteiger partial charge in [0.05, 0.1) is 14.2 Å². The number of nitrogens with zero attached hydrogens (tertiary/aromatic N) is 1. The number of fused-ring (bicyclic) bond motifs is 1. The minimum atomic E-state index is -4.71. The summed E-state index contributed by atoms with van der Waals surface area (Å²) in [7, 11) is 3.19. The van der Waals surface area contributed by atoms with Crippen LogP contribution in [0.25, 0.3) is 0 Å². The summed E-state index contributed by atoms with van der Waals surface area (Å²) in [6, 6.07) is 9.36. The molecule has 2 aromatic rings. The van der Waals surface area contributed by atoms with Crippen LogP contribution < -0.4 is 19.5 Å². The maximum Gasteiger partial charge on any atom is 0.573 e. The van der Waals surface area contributed by atoms with Crippen LogP contribution in [0.4, 0.5) is 18.9 Å². The Labute approximate surface area is 166 Å². The van der Waals surface area contributed by atoms with Crippen LogP contribution >= 0.6 is 12.2 Å². The lowest BCUT2D eigenvalue weighted by Crippen LogP contribution is -2.38. The molecule has 0 unspecified atom stereocenters. The summed E-state index contributed by atoms with van der Waals surface area (Å²) in [5.74, 6) is 1.07. The van der Waals surface area contributed by atoms with E-state index < -0.39 is 6.36 Å². The molecule has 0 amide bonds. The molecule has 2 aromatic carbocycles. The molecule has 0 fully saturated rings. The lowest BCUT2D eigenvalue weighted by molar-refractivity contribution is -0.274. The molecule has 3 rings (SSSR count). The molecule has 1 N–H and O–H groups in total. The second kappa shape index (κ2) is 8.14. The molecule has 1 aliphatic rings. The fraction of sp³-hybridized carbons (Fsp3) is 0.316. The second-order valence-corrected chi connectivity index (χ2v) is 6.54. The SMILES string of the molecule is COc1cc2c(cc1OC)CN(C(=S)Nc1ccc(OC(F)(F)F)cc1)CC2. The average molecular weight is 412 g/mol. The van der Waals surface area contributed by atoms with Crippen LogP contribution in [0, 0.1) is 0 Å². The first-order valence-corrected chi connectivity index (χ1v) is 8.85. The Balaban J connectivity index is 1.66. The molecule has 0 aliphatic carbocycles. The van der Waals surface area contributed by atoms with Gasteiger partial charge < -0.3 is 24.4 Å². The molecular weight excluding hydrogens is 393 g/mol. The highest BCUT2D eigenvalue weighted by Crippen LogP contribution is 2.33. The zero-order chi connectivity index (χ0) is 20.3. The molecular formula is C19H19F3N2O3S. The summed E-state index contributed by atoms with van der Waals surface area (Å²) in [6.45, 7) is 1.31. The van der Waals surface area contributed by atoms with Crippen LogP contribution in [0.3, 0.4) is 0 Å². The second-order valence-electron chi connectivity index (χ2n) is 6.15. The summed E-state index contributed by atoms with van der Waals surface area (Å²) in [5, 5.41) is 3.54. The van der Waals surface area contributed by atoms with Crippen LogP contribution in [0.5, 0.6) is 17.2 Å². The van der Waals surface area contributed by atoms with Crippen molar-refractivity contribution >= 4 is 23.0 Å². The summed E-state index contributed by atoms with van der Waals surface area (Å²) in [6.07, 6.45) is -3.93. The third-order valence-electron chi connectivity index (χ3n) is 4.34. The van der Waals surface area contributed by atoms with Crippen molar-refractivity contribution in [3.05, 3.63) is 47.5 Å². The lowest BCUT2D eigenvalue weighted by atomic mass is 9.99. The largest absolute Gasteiger partial charge is 0.573 e. The number of anilines is 1. The first kappa shape index (κ1) is 20.1. The number of halogens is 3. The highest BCUT2D eigenvalue weighted by molar-refractivity contribution is 7.80. The Hall–Kier alpha value is -2.68. The van der Waals surface area contributed by atoms with Gasteiger partial charge in [0.1, 0.15) is 5.75 Å². The van der Waals surface area contributed by atoms with Gasteiger partial charge in [-0.2, -0.15) is 0 Å². The fourth-order valence-electron chi connectivity index (χ4n) is 3.00. The van der Waals surface area contributed by atoms with Gasteiger partial charge >= 0.3 is 6.36 Å². The monoisotopic (exact) mass is 412 g/mol. The Morgan fingerprint density at radius 1 is 1.04 bits per heavy atom. The Bertz CT molecular complexity index is 857. The first-order chi connectivity index (χ1) is 13.3. The van der Waals surface area contributed by atoms with E-state index in [9.17, 15) is 13.2 Å². The van der Waals surface area contributed by atoms with Crippen molar-refractivity contribution < 1.29 is 27.4 Å². The topological polar surface area (TPSA) is 43.0 Å². The van der Waals surface area contributed by atoms with Gasteiger partial charge in [0.25, 0.3) is 0 Å². The Kier molecular flexibility index (Phi) is 5.83. The summed E-state index contributed by atoms with van der Waals surface area (Å²) < 4.78 is 51.3. The molecule has 1 aliphatic heterocycles. The van der Waals surface area contributed by atoms with Gasteiger partial charge in [0.15, 0.2) is 16.6 Å². The first-order valence-electron chi connectivity index (χ1n) is 8.44. The molecule has 1 heterocycles. The van der Waals surface area contributed by atoms with E-state index in [2.05, 4.69) is 10.1 Å². The minimum Gasteiger partial charge on any atom is -0.493 e. The number of alkyl halides is 3. The summed E-state index contributed by atoms with van der Waals surface area (Å²) in [5.41, 5.74) is 2.84. The van der Waals surface area contributed by atoms with Crippen molar-refractivity contribution in [1.29, 1.82) is 0 Å². The summed E-state index contributed by atoms with van der Waals surface area (Å²) >= 11 is 5.46. The average Bonchev–Trinajstić information content (AvgIpc) is 2.66. The number of rotatable bonds is 4. The molecule has 0 saturated carbocycles. The standard InChI is InChI=1S/C19H19F3N2O3S/c1-25-16-9-12-7-8-24(11-13(12)10-17(16)26-2)18(28)23-14-3-5-15(6-4-14)27-19(20,21)22/h3-6,9-10H,7-8,11H2,1-2H3,(H,23,28). The maximum absolute atomic E-state index is 12.2. The van der Waals surface area contributed by atoms with Gasteiger partial charge in [-0.3, -0.25) is 0 Å². The van der Waals surface area contributed by atoms with Crippen molar-refractivity contribution in [3.63, 3.8) is 0 Å². The number of methoxy groups -OCH3 is 2. The molecule has 0 spiro atoms. The third kappa shape index (κ3) is 4.78. The van der Waals surface area contributed by atoms with Crippen LogP contribution in [0.2, 0.25) is 0 Å². The van der Waals surface area contributed by atoms with Gasteiger partial charge in [-0.05, 0) is 66.2 Å². The molecule has 5 nitrogen and oxygen atoms in total. The van der Waals surface area contributed by atoms with E-state index in [0.29, 0.717) is 35.4 Å². The van der Waals surface area contributed by atoms with Crippen molar-refractivity contribution in [2.24, 2.45) is 0 Å². The van der Waals surface area contributed by atoms with Crippen molar-refractivity contribution in [3.8, 4) is 17.2 Å². The van der Waals surface area contributed by atoms with Crippen molar-refractivity contribution in [1.82, 2.24) is 4.90 Å². The van der Waals surface area contributed by atoms with Crippen molar-refractivity contribution in [2.75, 3.05) is 26.1 Å². The van der Waals surface area contributed by atoms with E-state index >= 15 is 0 Å². The molecule has 150 valence electrons. The van der Waals surface area contributed by atoms with E-state index in [4.69, 9.17) is 21.7 Å². The smallest absolute Gasteiger partial charge is 0.493 e. The maximum atomic E-state index is 12.2. The van der Waals surface area contributed by atoms with E-state index in [1.165, 1.54) is 29.8 Å². The number of hydrogen-bond donors (Lipinski definition) is 1. The molecule has 9 heteroatoms. The van der Waals surface area contributed by atoms with Gasteiger partial charge in [0.2, 0.25) is 0 Å². The van der Waals surface area contributed by atoms with E-state index in [1.807, 2.05) is 17.0 Å². The van der Waals surface area contributed by atoms with E-state index in [1.54, 1.807) is 14.2 Å². The van der Waals surface area contributed by atoms with Gasteiger partial charge in [-0.1, -0.05) is 0 Å². The van der Waals surface area contributed by atoms with Crippen LogP contribution in [0.15, 0.2) is 36.4 Å². The van der Waals surface area contributed by atoms with Crippen LogP contribution in [-0.2, 0) is 13.0 Å². The Morgan fingerprint density at radius 3 is 2.21 bits per heavy atom. The van der Waals surface area contributed by atoms with Crippen LogP contribution in [-0.4, -0.2) is 37.1 Å². The van der Waals surface area contributed by atoms with Gasteiger partial charge in [-0.15, -0.1) is 13.2 Å². The minimum absolute atomic E-state index is 0.281. The molecule has 0 radical (unpaired) electrons. The van der Waals surface area contributed by atoms with Crippen LogP contribution in [0.1, 0.15) is 11.1 Å². The highest BCUT2D eigenvalue weighted by Gasteiger charge is 2.31. The van der Waals surface area contributed by atoms with Gasteiger partial charge in [-0.25, -0.2) is 0 Å². The Morgan fingerprint density at radius 2 is 1.64 bits per heavy atom. The summed E-state index contributed by atoms with van der Waals surface area (Å²) in [4.78, 5) is 1.99. The fourth-order valence-corrected chi connectivity index (χ4v) is 3.27. The van der Waals surface area contributed by atoms with E-state index in [-0.39, 0.29) is 5.75 Å². The molecule has 28 heavy (non-hydrogen) atoms. The van der Waals surface area contributed by atoms with E-state index in [0.717, 1.165) is 12.0 Å². The molecule has 0 atom stereocenters. The van der Waals surface area contributed by atoms with Crippen molar-refractivity contribution in [2.45, 2.75) is 19.3 Å². The number of ether oxygens (including phenoxy) is 3. The number of thiocarbonyl (C=S) groups is 1. The number of benzene rings is 2. The zero-order valence-electron chi connectivity index (χ0n) is 15.3. The predicted molar refractivity (Wildman–Crippen MR) is 103 cm³/mol. The normalized spacial score (nSPS) is 13.5. The number of nitrogens with one attached hydrogen (secondary N) is 1. The molecule has 0 saturated heterocycles.